The van der Waals surface area contributed by atoms with Gasteiger partial charge in [0.05, 0.1) is 0 Å². The molecule has 0 amide bonds. The summed E-state index contributed by atoms with van der Waals surface area (Å²) in [7, 11) is 0. The zero-order valence-corrected chi connectivity index (χ0v) is 15.8. The summed E-state index contributed by atoms with van der Waals surface area (Å²) in [5.74, 6) is 5.17. The fourth-order valence-electron chi connectivity index (χ4n) is 9.36. The van der Waals surface area contributed by atoms with Gasteiger partial charge in [0.15, 0.2) is 0 Å². The Bertz CT molecular complexity index is 451. The summed E-state index contributed by atoms with van der Waals surface area (Å²) in [5, 5.41) is 0. The summed E-state index contributed by atoms with van der Waals surface area (Å²) in [6.07, 6.45) is 13.8. The fourth-order valence-corrected chi connectivity index (χ4v) is 9.36. The molecule has 7 atom stereocenters. The lowest BCUT2D eigenvalue weighted by Crippen LogP contribution is -2.40. The predicted molar refractivity (Wildman–Crippen MR) is 101 cm³/mol. The van der Waals surface area contributed by atoms with Crippen LogP contribution in [0.25, 0.3) is 0 Å². The van der Waals surface area contributed by atoms with E-state index < -0.39 is 0 Å². The Morgan fingerprint density at radius 2 is 1.70 bits per heavy atom. The summed E-state index contributed by atoms with van der Waals surface area (Å²) in [5.41, 5.74) is 2.29. The molecule has 0 aliphatic heterocycles. The van der Waals surface area contributed by atoms with Crippen LogP contribution in [0.2, 0.25) is 0 Å². The topological polar surface area (TPSA) is 0 Å². The van der Waals surface area contributed by atoms with Gasteiger partial charge in [-0.2, -0.15) is 0 Å². The van der Waals surface area contributed by atoms with Crippen LogP contribution < -0.4 is 0 Å². The van der Waals surface area contributed by atoms with Gasteiger partial charge in [-0.15, -0.1) is 0 Å². The third-order valence-electron chi connectivity index (χ3n) is 9.63. The van der Waals surface area contributed by atoms with E-state index in [1.165, 1.54) is 19.3 Å². The van der Waals surface area contributed by atoms with Crippen LogP contribution in [0, 0.1) is 45.8 Å². The second kappa shape index (κ2) is 5.50. The summed E-state index contributed by atoms with van der Waals surface area (Å²) in [6.45, 7) is 12.6. The molecule has 4 rings (SSSR count). The van der Waals surface area contributed by atoms with Crippen LogP contribution in [-0.4, -0.2) is 0 Å². The number of hydrogen-bond acceptors (Lipinski definition) is 0. The molecule has 0 heteroatoms. The maximum atomic E-state index is 2.72. The molecule has 134 valence electrons. The molecule has 1 spiro atoms. The van der Waals surface area contributed by atoms with E-state index in [9.17, 15) is 0 Å². The van der Waals surface area contributed by atoms with Crippen LogP contribution in [-0.2, 0) is 0 Å². The molecular formula is C23H42. The summed E-state index contributed by atoms with van der Waals surface area (Å²) in [4.78, 5) is 0. The third kappa shape index (κ3) is 1.80. The standard InChI is InChI=1S/C22H38.CH4/c1-6-12-21-16(7-2)10-14-22(21)18-9-8-17(15(3)4)20(18,5)13-11-19(21)22;/h15-19H,6-14H2,1-5H3;1H4. The molecule has 0 aromatic rings. The van der Waals surface area contributed by atoms with Gasteiger partial charge in [0.25, 0.3) is 0 Å². The van der Waals surface area contributed by atoms with Crippen LogP contribution in [0.3, 0.4) is 0 Å². The van der Waals surface area contributed by atoms with E-state index in [4.69, 9.17) is 0 Å². The molecule has 0 bridgehead atoms. The first-order chi connectivity index (χ1) is 10.5. The van der Waals surface area contributed by atoms with Crippen molar-refractivity contribution in [3.63, 3.8) is 0 Å². The van der Waals surface area contributed by atoms with Crippen LogP contribution in [0.15, 0.2) is 0 Å². The minimum absolute atomic E-state index is 0. The second-order valence-corrected chi connectivity index (χ2v) is 10.1. The molecular weight excluding hydrogens is 276 g/mol. The van der Waals surface area contributed by atoms with Gasteiger partial charge < -0.3 is 0 Å². The zero-order chi connectivity index (χ0) is 15.8. The molecule has 4 aliphatic rings. The monoisotopic (exact) mass is 318 g/mol. The van der Waals surface area contributed by atoms with Gasteiger partial charge in [0.1, 0.15) is 0 Å². The van der Waals surface area contributed by atoms with Crippen molar-refractivity contribution in [3.8, 4) is 0 Å². The average Bonchev–Trinajstić information content (AvgIpc) is 2.76. The highest BCUT2D eigenvalue weighted by Crippen LogP contribution is 2.91. The zero-order valence-electron chi connectivity index (χ0n) is 15.8. The molecule has 23 heavy (non-hydrogen) atoms. The Kier molecular flexibility index (Phi) is 4.26. The molecule has 4 aliphatic carbocycles. The van der Waals surface area contributed by atoms with Gasteiger partial charge in [-0.25, -0.2) is 0 Å². The van der Waals surface area contributed by atoms with Gasteiger partial charge in [-0.05, 0) is 90.8 Å². The Hall–Kier alpha value is 0. The first kappa shape index (κ1) is 17.8. The van der Waals surface area contributed by atoms with E-state index in [2.05, 4.69) is 34.6 Å². The van der Waals surface area contributed by atoms with Gasteiger partial charge in [0.2, 0.25) is 0 Å². The van der Waals surface area contributed by atoms with Crippen LogP contribution in [0.1, 0.15) is 99.8 Å². The van der Waals surface area contributed by atoms with Crippen molar-refractivity contribution in [2.24, 2.45) is 45.8 Å². The average molecular weight is 319 g/mol. The minimum atomic E-state index is 0. The number of rotatable bonds is 4. The molecule has 0 aromatic heterocycles. The minimum Gasteiger partial charge on any atom is -0.0776 e. The van der Waals surface area contributed by atoms with Crippen molar-refractivity contribution in [1.29, 1.82) is 0 Å². The Balaban J connectivity index is 0.00000156. The van der Waals surface area contributed by atoms with Crippen molar-refractivity contribution in [1.82, 2.24) is 0 Å². The Labute approximate surface area is 146 Å². The molecule has 7 unspecified atom stereocenters. The van der Waals surface area contributed by atoms with E-state index in [-0.39, 0.29) is 7.43 Å². The van der Waals surface area contributed by atoms with Crippen LogP contribution in [0.4, 0.5) is 0 Å². The smallest absolute Gasteiger partial charge is 0.0168 e. The van der Waals surface area contributed by atoms with Crippen molar-refractivity contribution >= 4 is 0 Å². The van der Waals surface area contributed by atoms with E-state index >= 15 is 0 Å². The second-order valence-electron chi connectivity index (χ2n) is 10.1. The SMILES string of the molecule is C.CCCC12C(CC)CCC13C1CCC(C(C)C)C1(C)CCC23. The number of fused-ring (bicyclic) bond motifs is 2. The van der Waals surface area contributed by atoms with Gasteiger partial charge >= 0.3 is 0 Å². The first-order valence-electron chi connectivity index (χ1n) is 10.5. The highest BCUT2D eigenvalue weighted by atomic mass is 14.9. The molecule has 0 aromatic carbocycles. The normalized spacial score (nSPS) is 53.5. The molecule has 0 N–H and O–H groups in total. The lowest BCUT2D eigenvalue weighted by Gasteiger charge is -2.46. The van der Waals surface area contributed by atoms with Crippen molar-refractivity contribution in [2.45, 2.75) is 99.8 Å². The van der Waals surface area contributed by atoms with Crippen molar-refractivity contribution in [3.05, 3.63) is 0 Å². The van der Waals surface area contributed by atoms with Gasteiger partial charge in [0, 0.05) is 0 Å². The lowest BCUT2D eigenvalue weighted by molar-refractivity contribution is 0.0194. The van der Waals surface area contributed by atoms with E-state index in [0.29, 0.717) is 5.41 Å². The van der Waals surface area contributed by atoms with Crippen molar-refractivity contribution < 1.29 is 0 Å². The highest BCUT2D eigenvalue weighted by molar-refractivity contribution is 5.32. The van der Waals surface area contributed by atoms with E-state index in [1.54, 1.807) is 38.5 Å². The lowest BCUT2D eigenvalue weighted by atomic mass is 9.58. The summed E-state index contributed by atoms with van der Waals surface area (Å²) < 4.78 is 0. The summed E-state index contributed by atoms with van der Waals surface area (Å²) in [6, 6.07) is 0. The first-order valence-corrected chi connectivity index (χ1v) is 10.5. The van der Waals surface area contributed by atoms with E-state index in [0.717, 1.165) is 40.4 Å². The quantitative estimate of drug-likeness (QED) is 0.509. The van der Waals surface area contributed by atoms with Crippen LogP contribution >= 0.6 is 0 Å². The Morgan fingerprint density at radius 1 is 0.957 bits per heavy atom. The molecule has 0 radical (unpaired) electrons. The van der Waals surface area contributed by atoms with Gasteiger partial charge in [-0.1, -0.05) is 54.9 Å². The maximum absolute atomic E-state index is 2.72. The molecule has 4 fully saturated rings. The molecule has 0 nitrogen and oxygen atoms in total. The van der Waals surface area contributed by atoms with Crippen LogP contribution in [0.5, 0.6) is 0 Å². The van der Waals surface area contributed by atoms with Crippen molar-refractivity contribution in [2.75, 3.05) is 0 Å². The maximum Gasteiger partial charge on any atom is -0.0168 e. The van der Waals surface area contributed by atoms with Gasteiger partial charge in [-0.3, -0.25) is 0 Å². The third-order valence-corrected chi connectivity index (χ3v) is 9.63. The largest absolute Gasteiger partial charge is 0.0776 e. The van der Waals surface area contributed by atoms with E-state index in [1.807, 2.05) is 0 Å². The molecule has 0 saturated heterocycles. The Morgan fingerprint density at radius 3 is 2.30 bits per heavy atom. The fraction of sp³-hybridized carbons (Fsp3) is 1.00. The molecule has 0 heterocycles. The number of hydrogen-bond donors (Lipinski definition) is 0. The molecule has 4 saturated carbocycles. The highest BCUT2D eigenvalue weighted by Gasteiger charge is 2.84. The summed E-state index contributed by atoms with van der Waals surface area (Å²) >= 11 is 0. The predicted octanol–water partition coefficient (Wildman–Crippen LogP) is 7.33.